The molecule has 0 bridgehead atoms. The summed E-state index contributed by atoms with van der Waals surface area (Å²) >= 11 is 0. The van der Waals surface area contributed by atoms with E-state index in [4.69, 9.17) is 0 Å². The molecule has 0 radical (unpaired) electrons. The Morgan fingerprint density at radius 3 is 2.22 bits per heavy atom. The van der Waals surface area contributed by atoms with Crippen molar-refractivity contribution in [3.05, 3.63) is 22.8 Å². The quantitative estimate of drug-likeness (QED) is 0.501. The summed E-state index contributed by atoms with van der Waals surface area (Å²) in [7, 11) is 0. The predicted octanol–water partition coefficient (Wildman–Crippen LogP) is 3.06. The molecule has 1 fully saturated rings. The molecule has 0 amide bonds. The fourth-order valence-corrected chi connectivity index (χ4v) is 1.14. The third kappa shape index (κ3) is 0.937. The lowest BCUT2D eigenvalue weighted by Gasteiger charge is -1.98. The van der Waals surface area contributed by atoms with E-state index >= 15 is 0 Å². The smallest absolute Gasteiger partial charge is 0.00171 e. The van der Waals surface area contributed by atoms with Crippen molar-refractivity contribution >= 4 is 0 Å². The molecule has 0 unspecified atom stereocenters. The van der Waals surface area contributed by atoms with Gasteiger partial charge in [0.15, 0.2) is 0 Å². The van der Waals surface area contributed by atoms with E-state index in [0.29, 0.717) is 0 Å². The summed E-state index contributed by atoms with van der Waals surface area (Å²) in [6.45, 7) is 6.22. The van der Waals surface area contributed by atoms with Crippen molar-refractivity contribution in [2.75, 3.05) is 0 Å². The zero-order chi connectivity index (χ0) is 6.85. The number of hydrogen-bond acceptors (Lipinski definition) is 0. The molecule has 2 aliphatic rings. The monoisotopic (exact) mass is 122 g/mol. The third-order valence-electron chi connectivity index (χ3n) is 1.75. The van der Waals surface area contributed by atoms with Gasteiger partial charge in [-0.1, -0.05) is 26.8 Å². The summed E-state index contributed by atoms with van der Waals surface area (Å²) in [4.78, 5) is 0. The molecule has 0 heterocycles. The molecule has 0 saturated heterocycles. The first-order valence-corrected chi connectivity index (χ1v) is 3.85. The Labute approximate surface area is 57.3 Å². The van der Waals surface area contributed by atoms with Crippen molar-refractivity contribution in [3.8, 4) is 0 Å². The Morgan fingerprint density at radius 1 is 1.44 bits per heavy atom. The van der Waals surface area contributed by atoms with E-state index in [0.717, 1.165) is 0 Å². The second kappa shape index (κ2) is 2.38. The lowest BCUT2D eigenvalue weighted by molar-refractivity contribution is 1.13. The van der Waals surface area contributed by atoms with E-state index in [9.17, 15) is 0 Å². The minimum atomic E-state index is 1.25. The van der Waals surface area contributed by atoms with Crippen molar-refractivity contribution < 1.29 is 0 Å². The standard InChI is InChI=1S/C7H8.C2H6/c1-2-5-3-6-4-7(5)6;1-2/h3H,2,4H2,1H3;1-2H3. The average molecular weight is 122 g/mol. The molecule has 0 heteroatoms. The van der Waals surface area contributed by atoms with Crippen LogP contribution < -0.4 is 0 Å². The second-order valence-corrected chi connectivity index (χ2v) is 2.20. The van der Waals surface area contributed by atoms with Crippen molar-refractivity contribution in [3.63, 3.8) is 0 Å². The molecule has 0 N–H and O–H groups in total. The Balaban J connectivity index is 0.000000186. The molecule has 0 aromatic rings. The van der Waals surface area contributed by atoms with Gasteiger partial charge in [-0.2, -0.15) is 0 Å². The first-order valence-electron chi connectivity index (χ1n) is 3.85. The van der Waals surface area contributed by atoms with Gasteiger partial charge in [-0.05, 0) is 29.6 Å². The Hall–Kier alpha value is -0.520. The zero-order valence-corrected chi connectivity index (χ0v) is 6.49. The molecule has 1 saturated carbocycles. The van der Waals surface area contributed by atoms with Crippen molar-refractivity contribution in [2.45, 2.75) is 33.6 Å². The summed E-state index contributed by atoms with van der Waals surface area (Å²) in [6.07, 6.45) is 4.89. The van der Waals surface area contributed by atoms with Gasteiger partial charge in [0.1, 0.15) is 0 Å². The van der Waals surface area contributed by atoms with E-state index < -0.39 is 0 Å². The average Bonchev–Trinajstić information content (AvgIpc) is 2.49. The van der Waals surface area contributed by atoms with Crippen LogP contribution in [0.3, 0.4) is 0 Å². The molecule has 0 atom stereocenters. The summed E-state index contributed by atoms with van der Waals surface area (Å²) in [6, 6.07) is 0. The largest absolute Gasteiger partial charge is 0.0683 e. The van der Waals surface area contributed by atoms with Gasteiger partial charge in [-0.25, -0.2) is 0 Å². The van der Waals surface area contributed by atoms with Gasteiger partial charge < -0.3 is 0 Å². The van der Waals surface area contributed by atoms with Crippen molar-refractivity contribution in [1.82, 2.24) is 0 Å². The maximum Gasteiger partial charge on any atom is -0.00171 e. The SMILES string of the molecule is CC.CCC1=C2CC2=C1. The predicted molar refractivity (Wildman–Crippen MR) is 41.4 cm³/mol. The van der Waals surface area contributed by atoms with Crippen LogP contribution in [0.4, 0.5) is 0 Å². The minimum Gasteiger partial charge on any atom is -0.0683 e. The van der Waals surface area contributed by atoms with Gasteiger partial charge in [0.2, 0.25) is 0 Å². The number of hydrogen-bond donors (Lipinski definition) is 0. The first kappa shape index (κ1) is 6.60. The highest BCUT2D eigenvalue weighted by atomic mass is 14.3. The van der Waals surface area contributed by atoms with Crippen LogP contribution in [0.25, 0.3) is 0 Å². The Bertz CT molecular complexity index is 170. The summed E-state index contributed by atoms with van der Waals surface area (Å²) in [5, 5.41) is 0. The molecule has 0 spiro atoms. The molecule has 50 valence electrons. The van der Waals surface area contributed by atoms with Gasteiger partial charge in [0.25, 0.3) is 0 Å². The van der Waals surface area contributed by atoms with Crippen LogP contribution in [0.2, 0.25) is 0 Å². The first-order chi connectivity index (χ1) is 4.42. The lowest BCUT2D eigenvalue weighted by Crippen LogP contribution is -1.78. The van der Waals surface area contributed by atoms with Crippen LogP contribution in [0.1, 0.15) is 33.6 Å². The fourth-order valence-electron chi connectivity index (χ4n) is 1.14. The summed E-state index contributed by atoms with van der Waals surface area (Å²) < 4.78 is 0. The molecule has 0 aromatic heterocycles. The maximum atomic E-state index is 2.31. The van der Waals surface area contributed by atoms with Crippen LogP contribution in [0.5, 0.6) is 0 Å². The number of allylic oxidation sites excluding steroid dienone is 4. The van der Waals surface area contributed by atoms with Gasteiger partial charge in [-0.3, -0.25) is 0 Å². The van der Waals surface area contributed by atoms with Crippen LogP contribution >= 0.6 is 0 Å². The van der Waals surface area contributed by atoms with Crippen LogP contribution in [-0.4, -0.2) is 0 Å². The summed E-state index contributed by atoms with van der Waals surface area (Å²) in [5.74, 6) is 0. The van der Waals surface area contributed by atoms with E-state index in [2.05, 4.69) is 13.0 Å². The molecular formula is C9H14. The van der Waals surface area contributed by atoms with E-state index in [1.165, 1.54) is 12.8 Å². The third-order valence-corrected chi connectivity index (χ3v) is 1.75. The van der Waals surface area contributed by atoms with Gasteiger partial charge in [0.05, 0.1) is 0 Å². The van der Waals surface area contributed by atoms with Gasteiger partial charge in [0, 0.05) is 0 Å². The second-order valence-electron chi connectivity index (χ2n) is 2.20. The van der Waals surface area contributed by atoms with Crippen LogP contribution in [-0.2, 0) is 0 Å². The van der Waals surface area contributed by atoms with E-state index in [1.807, 2.05) is 13.8 Å². The van der Waals surface area contributed by atoms with Gasteiger partial charge in [-0.15, -0.1) is 0 Å². The number of rotatable bonds is 1. The fraction of sp³-hybridized carbons (Fsp3) is 0.556. The van der Waals surface area contributed by atoms with Crippen LogP contribution in [0, 0.1) is 0 Å². The topological polar surface area (TPSA) is 0 Å². The van der Waals surface area contributed by atoms with Crippen LogP contribution in [0.15, 0.2) is 22.8 Å². The van der Waals surface area contributed by atoms with E-state index in [1.54, 1.807) is 16.7 Å². The van der Waals surface area contributed by atoms with Crippen molar-refractivity contribution in [2.24, 2.45) is 0 Å². The normalized spacial score (nSPS) is 18.8. The molecule has 2 aliphatic carbocycles. The molecule has 0 aromatic carbocycles. The summed E-state index contributed by atoms with van der Waals surface area (Å²) in [5.41, 5.74) is 4.90. The molecule has 9 heavy (non-hydrogen) atoms. The Morgan fingerprint density at radius 2 is 2.11 bits per heavy atom. The Kier molecular flexibility index (Phi) is 1.75. The zero-order valence-electron chi connectivity index (χ0n) is 6.49. The molecule has 0 nitrogen and oxygen atoms in total. The highest BCUT2D eigenvalue weighted by molar-refractivity contribution is 5.67. The highest BCUT2D eigenvalue weighted by Crippen LogP contribution is 2.49. The molecule has 0 aliphatic heterocycles. The lowest BCUT2D eigenvalue weighted by atomic mass is 10.1. The minimum absolute atomic E-state index is 1.25. The van der Waals surface area contributed by atoms with Crippen molar-refractivity contribution in [1.29, 1.82) is 0 Å². The van der Waals surface area contributed by atoms with Gasteiger partial charge >= 0.3 is 0 Å². The highest BCUT2D eigenvalue weighted by Gasteiger charge is 2.30. The number of fused-ring (bicyclic) bond motifs is 1. The maximum absolute atomic E-state index is 2.31. The molecule has 2 rings (SSSR count). The molecular weight excluding hydrogens is 108 g/mol. The van der Waals surface area contributed by atoms with E-state index in [-0.39, 0.29) is 0 Å².